The van der Waals surface area contributed by atoms with E-state index in [0.717, 1.165) is 19.6 Å². The van der Waals surface area contributed by atoms with Gasteiger partial charge in [0, 0.05) is 57.9 Å². The second kappa shape index (κ2) is 63.3. The molecule has 2 unspecified atom stereocenters. The number of rotatable bonds is 66. The molecule has 0 saturated carbocycles. The van der Waals surface area contributed by atoms with Gasteiger partial charge in [-0.15, -0.1) is 0 Å². The smallest absolute Gasteiger partial charge is 0.246 e. The molecule has 0 bridgehead atoms. The van der Waals surface area contributed by atoms with E-state index in [1.54, 1.807) is 0 Å². The van der Waals surface area contributed by atoms with Gasteiger partial charge in [0.25, 0.3) is 0 Å². The molecular formula is C53H111N9O22. The number of likely N-dealkylation sites (N-methyl/N-ethyl adjacent to an activating group) is 3. The second-order valence-electron chi connectivity index (χ2n) is 17.8. The summed E-state index contributed by atoms with van der Waals surface area (Å²) < 4.78 is 81.6. The monoisotopic (exact) mass is 1230 g/mol. The van der Waals surface area contributed by atoms with Crippen molar-refractivity contribution in [2.24, 2.45) is 0 Å². The van der Waals surface area contributed by atoms with Gasteiger partial charge in [-0.2, -0.15) is 0 Å². The maximum Gasteiger partial charge on any atom is 0.246 e. The van der Waals surface area contributed by atoms with E-state index in [0.29, 0.717) is 119 Å². The van der Waals surface area contributed by atoms with Crippen LogP contribution in [-0.2, 0) is 105 Å². The molecule has 2 atom stereocenters. The third-order valence-corrected chi connectivity index (χ3v) is 10.6. The average Bonchev–Trinajstić information content (AvgIpc) is 3.67. The van der Waals surface area contributed by atoms with E-state index in [4.69, 9.17) is 71.1 Å². The fraction of sp³-hybridized carbons (Fsp3) is 0.868. The number of ether oxygens (including phenoxy) is 15. The van der Waals surface area contributed by atoms with E-state index < -0.39 is 60.7 Å². The molecule has 0 radical (unpaired) electrons. The molecule has 31 nitrogen and oxygen atoms in total. The van der Waals surface area contributed by atoms with Crippen molar-refractivity contribution in [3.8, 4) is 0 Å². The molecule has 0 fully saturated rings. The molecule has 9 N–H and O–H groups in total. The fourth-order valence-electron chi connectivity index (χ4n) is 6.24. The molecule has 0 aliphatic heterocycles. The largest absolute Gasteiger partial charge is 0.379 e. The van der Waals surface area contributed by atoms with Crippen LogP contribution in [0.5, 0.6) is 0 Å². The SMILES string of the molecule is CNCCOCCOCCNC(=O)CC(NC(=O)COCCOCCOCCOCC(=O)NC(CC(=O)NCCOCCOCCOCCNC)C(=O)NCCOCCOCCOCCC(C)=O)C(=O)NCCOCCOCCOCCNC.[HH].[HH].[HH].[HH]. The first kappa shape index (κ1) is 79.8. The van der Waals surface area contributed by atoms with Crippen molar-refractivity contribution in [2.75, 3.05) is 265 Å². The maximum atomic E-state index is 13.1. The number of carbonyl (C=O) groups excluding carboxylic acids is 7. The van der Waals surface area contributed by atoms with E-state index >= 15 is 0 Å². The molecule has 0 aliphatic carbocycles. The standard InChI is InChI=1S/C53H103N9O22.4H2/c1-45(63)5-13-70-21-29-78-33-27-76-19-11-59-53(69)47(42-49(65)58-10-18-75-26-32-79-30-24-72-15-7-55-3)62-51(67)44-84-40-38-82-36-35-81-37-39-83-43-50(66)61-46(41-48(64)57-9-17-74-23-22-71-14-6-54-2)52(68)60-12-20-77-28-34-80-31-25-73-16-8-56-4;;;;/h46-47,54-56H,5-44H2,1-4H3,(H,57,64)(H,58,65)(H,59,69)(H,60,68)(H,61,66)(H,62,67);4*1H. The molecule has 84 heavy (non-hydrogen) atoms. The summed E-state index contributed by atoms with van der Waals surface area (Å²) in [7, 11) is 5.52. The highest BCUT2D eigenvalue weighted by Gasteiger charge is 2.25. The lowest BCUT2D eigenvalue weighted by Gasteiger charge is -2.18. The van der Waals surface area contributed by atoms with Crippen LogP contribution in [0.25, 0.3) is 0 Å². The Morgan fingerprint density at radius 1 is 0.286 bits per heavy atom. The Hall–Kier alpha value is -4.23. The van der Waals surface area contributed by atoms with Crippen molar-refractivity contribution in [3.05, 3.63) is 0 Å². The number of carbonyl (C=O) groups is 7. The predicted molar refractivity (Wildman–Crippen MR) is 313 cm³/mol. The summed E-state index contributed by atoms with van der Waals surface area (Å²) in [5, 5.41) is 24.8. The zero-order valence-corrected chi connectivity index (χ0v) is 50.4. The fourth-order valence-corrected chi connectivity index (χ4v) is 6.24. The zero-order chi connectivity index (χ0) is 61.5. The van der Waals surface area contributed by atoms with Crippen LogP contribution in [-0.4, -0.2) is 318 Å². The van der Waals surface area contributed by atoms with E-state index in [2.05, 4.69) is 47.9 Å². The highest BCUT2D eigenvalue weighted by Crippen LogP contribution is 1.98. The Morgan fingerprint density at radius 2 is 0.512 bits per heavy atom. The van der Waals surface area contributed by atoms with Crippen LogP contribution < -0.4 is 47.9 Å². The van der Waals surface area contributed by atoms with Gasteiger partial charge < -0.3 is 119 Å². The summed E-state index contributed by atoms with van der Waals surface area (Å²) >= 11 is 0. The summed E-state index contributed by atoms with van der Waals surface area (Å²) in [6, 6.07) is -2.41. The number of ketones is 1. The van der Waals surface area contributed by atoms with E-state index in [9.17, 15) is 33.6 Å². The van der Waals surface area contributed by atoms with Gasteiger partial charge in [0.15, 0.2) is 0 Å². The third-order valence-electron chi connectivity index (χ3n) is 10.6. The minimum Gasteiger partial charge on any atom is -0.379 e. The maximum absolute atomic E-state index is 13.1. The number of amides is 6. The van der Waals surface area contributed by atoms with Gasteiger partial charge in [-0.1, -0.05) is 0 Å². The normalized spacial score (nSPS) is 12.0. The van der Waals surface area contributed by atoms with Gasteiger partial charge in [0.2, 0.25) is 35.4 Å². The van der Waals surface area contributed by atoms with Crippen LogP contribution in [0.3, 0.4) is 0 Å². The summed E-state index contributed by atoms with van der Waals surface area (Å²) in [6.45, 7) is 12.1. The topological polar surface area (TPSA) is 366 Å². The first-order valence-electron chi connectivity index (χ1n) is 28.8. The summed E-state index contributed by atoms with van der Waals surface area (Å²) in [5.74, 6) is -3.34. The zero-order valence-electron chi connectivity index (χ0n) is 50.4. The lowest BCUT2D eigenvalue weighted by atomic mass is 10.1. The number of hydrogen-bond acceptors (Lipinski definition) is 25. The van der Waals surface area contributed by atoms with Gasteiger partial charge in [-0.25, -0.2) is 0 Å². The lowest BCUT2D eigenvalue weighted by Crippen LogP contribution is -2.50. The molecule has 0 aromatic heterocycles. The molecule has 0 heterocycles. The molecule has 0 aliphatic rings. The van der Waals surface area contributed by atoms with Crippen molar-refractivity contribution >= 4 is 41.2 Å². The Bertz CT molecular complexity index is 1630. The van der Waals surface area contributed by atoms with Crippen molar-refractivity contribution in [1.29, 1.82) is 0 Å². The van der Waals surface area contributed by atoms with Crippen LogP contribution >= 0.6 is 0 Å². The van der Waals surface area contributed by atoms with Crippen LogP contribution in [0.1, 0.15) is 31.9 Å². The Balaban J connectivity index is -0.00000574. The molecule has 31 heteroatoms. The molecule has 0 aromatic carbocycles. The van der Waals surface area contributed by atoms with Gasteiger partial charge in [-0.05, 0) is 28.1 Å². The minimum absolute atomic E-state index is 0. The predicted octanol–water partition coefficient (Wildman–Crippen LogP) is -3.93. The molecule has 500 valence electrons. The van der Waals surface area contributed by atoms with Crippen LogP contribution in [0, 0.1) is 0 Å². The molecule has 0 rings (SSSR count). The molecular weight excluding hydrogens is 1110 g/mol. The van der Waals surface area contributed by atoms with Crippen molar-refractivity contribution in [3.63, 3.8) is 0 Å². The highest BCUT2D eigenvalue weighted by molar-refractivity contribution is 5.93. The van der Waals surface area contributed by atoms with E-state index in [1.807, 2.05) is 21.1 Å². The Morgan fingerprint density at radius 3 is 0.774 bits per heavy atom. The molecule has 0 spiro atoms. The lowest BCUT2D eigenvalue weighted by molar-refractivity contribution is -0.134. The van der Waals surface area contributed by atoms with Gasteiger partial charge in [0.05, 0.1) is 198 Å². The van der Waals surface area contributed by atoms with Crippen molar-refractivity contribution in [1.82, 2.24) is 47.9 Å². The summed E-state index contributed by atoms with van der Waals surface area (Å²) in [5.41, 5.74) is 0. The molecule has 0 saturated heterocycles. The van der Waals surface area contributed by atoms with Crippen LogP contribution in [0.2, 0.25) is 0 Å². The number of nitrogens with one attached hydrogen (secondary N) is 9. The Kier molecular flexibility index (Phi) is 60.1. The molecule has 6 amide bonds. The van der Waals surface area contributed by atoms with Crippen molar-refractivity contribution < 1.29 is 110 Å². The van der Waals surface area contributed by atoms with Gasteiger partial charge in [0.1, 0.15) is 31.1 Å². The minimum atomic E-state index is -1.22. The number of Topliss-reactive ketones (excluding diaryl/α,β-unsaturated/α-hetero) is 1. The quantitative estimate of drug-likeness (QED) is 0.0263. The van der Waals surface area contributed by atoms with Crippen molar-refractivity contribution in [2.45, 2.75) is 38.3 Å². The Labute approximate surface area is 501 Å². The van der Waals surface area contributed by atoms with E-state index in [-0.39, 0.29) is 123 Å². The average molecular weight is 1230 g/mol. The molecule has 0 aromatic rings. The van der Waals surface area contributed by atoms with E-state index in [1.165, 1.54) is 6.92 Å². The highest BCUT2D eigenvalue weighted by atomic mass is 16.6. The van der Waals surface area contributed by atoms with Crippen LogP contribution in [0.4, 0.5) is 0 Å². The number of hydrogen-bond donors (Lipinski definition) is 9. The summed E-state index contributed by atoms with van der Waals surface area (Å²) in [4.78, 5) is 88.4. The van der Waals surface area contributed by atoms with Crippen LogP contribution in [0.15, 0.2) is 0 Å². The van der Waals surface area contributed by atoms with Gasteiger partial charge >= 0.3 is 0 Å². The first-order chi connectivity index (χ1) is 41.0. The second-order valence-corrected chi connectivity index (χ2v) is 17.8. The third kappa shape index (κ3) is 58.2. The summed E-state index contributed by atoms with van der Waals surface area (Å²) in [6.07, 6.45) is -0.335. The van der Waals surface area contributed by atoms with Gasteiger partial charge in [-0.3, -0.25) is 33.6 Å². The first-order valence-corrected chi connectivity index (χ1v) is 28.8.